The van der Waals surface area contributed by atoms with E-state index in [1.165, 1.54) is 9.88 Å². The topological polar surface area (TPSA) is 30.7 Å². The Kier molecular flexibility index (Phi) is 3.62. The Morgan fingerprint density at radius 1 is 1.35 bits per heavy atom. The first-order chi connectivity index (χ1) is 8.06. The molecule has 0 N–H and O–H groups in total. The van der Waals surface area contributed by atoms with Crippen LogP contribution in [0.2, 0.25) is 0 Å². The molecular formula is C13H19N3S. The Bertz CT molecular complexity index is 484. The number of thiazole rings is 1. The van der Waals surface area contributed by atoms with Gasteiger partial charge in [0.15, 0.2) is 0 Å². The van der Waals surface area contributed by atoms with E-state index in [0.717, 1.165) is 12.1 Å². The number of hydrogen-bond acceptors (Lipinski definition) is 3. The highest BCUT2D eigenvalue weighted by molar-refractivity contribution is 7.11. The van der Waals surface area contributed by atoms with Crippen molar-refractivity contribution in [3.63, 3.8) is 0 Å². The van der Waals surface area contributed by atoms with E-state index in [1.807, 2.05) is 41.4 Å². The van der Waals surface area contributed by atoms with Crippen molar-refractivity contribution in [1.82, 2.24) is 14.8 Å². The maximum atomic E-state index is 4.49. The summed E-state index contributed by atoms with van der Waals surface area (Å²) < 4.78 is 2.02. The van der Waals surface area contributed by atoms with Crippen molar-refractivity contribution in [2.45, 2.75) is 46.1 Å². The highest BCUT2D eigenvalue weighted by atomic mass is 32.1. The van der Waals surface area contributed by atoms with Gasteiger partial charge in [0.2, 0.25) is 0 Å². The molecule has 2 aromatic rings. The van der Waals surface area contributed by atoms with Crippen molar-refractivity contribution >= 4 is 11.3 Å². The van der Waals surface area contributed by atoms with Gasteiger partial charge in [0.05, 0.1) is 16.7 Å². The van der Waals surface area contributed by atoms with Crippen LogP contribution in [0.25, 0.3) is 0 Å². The van der Waals surface area contributed by atoms with Crippen LogP contribution in [0.3, 0.4) is 0 Å². The van der Waals surface area contributed by atoms with Gasteiger partial charge in [0.25, 0.3) is 0 Å². The Morgan fingerprint density at radius 2 is 2.12 bits per heavy atom. The van der Waals surface area contributed by atoms with Gasteiger partial charge in [-0.25, -0.2) is 4.98 Å². The molecule has 0 bridgehead atoms. The molecule has 2 heterocycles. The maximum absolute atomic E-state index is 4.49. The van der Waals surface area contributed by atoms with Crippen molar-refractivity contribution in [1.29, 1.82) is 0 Å². The fourth-order valence-corrected chi connectivity index (χ4v) is 2.75. The molecule has 0 aliphatic heterocycles. The quantitative estimate of drug-likeness (QED) is 0.829. The fraction of sp³-hybridized carbons (Fsp3) is 0.538. The second kappa shape index (κ2) is 5.00. The first kappa shape index (κ1) is 12.3. The van der Waals surface area contributed by atoms with E-state index in [2.05, 4.69) is 30.9 Å². The number of rotatable bonds is 4. The molecule has 0 aromatic carbocycles. The third kappa shape index (κ3) is 2.94. The van der Waals surface area contributed by atoms with Gasteiger partial charge in [-0.1, -0.05) is 13.8 Å². The highest BCUT2D eigenvalue weighted by Gasteiger charge is 2.11. The molecule has 0 fully saturated rings. The molecule has 4 heteroatoms. The van der Waals surface area contributed by atoms with E-state index >= 15 is 0 Å². The van der Waals surface area contributed by atoms with Crippen molar-refractivity contribution < 1.29 is 0 Å². The van der Waals surface area contributed by atoms with Crippen LogP contribution in [0.15, 0.2) is 18.5 Å². The van der Waals surface area contributed by atoms with E-state index in [-0.39, 0.29) is 0 Å². The van der Waals surface area contributed by atoms with Crippen molar-refractivity contribution in [3.05, 3.63) is 34.0 Å². The predicted molar refractivity (Wildman–Crippen MR) is 71.6 cm³/mol. The predicted octanol–water partition coefficient (Wildman–Crippen LogP) is 3.58. The molecule has 0 amide bonds. The molecule has 0 saturated carbocycles. The third-order valence-electron chi connectivity index (χ3n) is 2.80. The summed E-state index contributed by atoms with van der Waals surface area (Å²) in [5, 5.41) is 5.65. The molecule has 0 spiro atoms. The standard InChI is InChI=1S/C13H19N3S/c1-9(2)12-8-14-13(17-12)7-11(4)16-6-5-10(3)15-16/h5-6,8-9,11H,7H2,1-4H3. The van der Waals surface area contributed by atoms with Gasteiger partial charge in [-0.15, -0.1) is 11.3 Å². The normalized spacial score (nSPS) is 13.2. The third-order valence-corrected chi connectivity index (χ3v) is 4.12. The average molecular weight is 249 g/mol. The maximum Gasteiger partial charge on any atom is 0.0948 e. The van der Waals surface area contributed by atoms with E-state index in [4.69, 9.17) is 0 Å². The molecule has 17 heavy (non-hydrogen) atoms. The molecule has 92 valence electrons. The Hall–Kier alpha value is -1.16. The van der Waals surface area contributed by atoms with Crippen LogP contribution in [-0.4, -0.2) is 14.8 Å². The summed E-state index contributed by atoms with van der Waals surface area (Å²) in [6.07, 6.45) is 5.00. The number of nitrogens with zero attached hydrogens (tertiary/aromatic N) is 3. The minimum Gasteiger partial charge on any atom is -0.269 e. The molecule has 2 aromatic heterocycles. The van der Waals surface area contributed by atoms with Crippen molar-refractivity contribution in [3.8, 4) is 0 Å². The second-order valence-electron chi connectivity index (χ2n) is 4.80. The van der Waals surface area contributed by atoms with E-state index in [0.29, 0.717) is 12.0 Å². The minimum absolute atomic E-state index is 0.370. The smallest absolute Gasteiger partial charge is 0.0948 e. The van der Waals surface area contributed by atoms with Gasteiger partial charge >= 0.3 is 0 Å². The number of aryl methyl sites for hydroxylation is 1. The van der Waals surface area contributed by atoms with Crippen LogP contribution in [0.5, 0.6) is 0 Å². The van der Waals surface area contributed by atoms with Crippen LogP contribution in [0, 0.1) is 6.92 Å². The summed E-state index contributed by atoms with van der Waals surface area (Å²) in [6, 6.07) is 2.41. The lowest BCUT2D eigenvalue weighted by atomic mass is 10.2. The fourth-order valence-electron chi connectivity index (χ4n) is 1.71. The van der Waals surface area contributed by atoms with Gasteiger partial charge in [-0.3, -0.25) is 4.68 Å². The van der Waals surface area contributed by atoms with E-state index in [1.54, 1.807) is 0 Å². The largest absolute Gasteiger partial charge is 0.269 e. The van der Waals surface area contributed by atoms with Crippen molar-refractivity contribution in [2.24, 2.45) is 0 Å². The van der Waals surface area contributed by atoms with Gasteiger partial charge in [-0.05, 0) is 25.8 Å². The summed E-state index contributed by atoms with van der Waals surface area (Å²) in [5.74, 6) is 0.573. The Morgan fingerprint density at radius 3 is 2.65 bits per heavy atom. The second-order valence-corrected chi connectivity index (χ2v) is 5.95. The van der Waals surface area contributed by atoms with Crippen molar-refractivity contribution in [2.75, 3.05) is 0 Å². The van der Waals surface area contributed by atoms with Crippen LogP contribution in [0.4, 0.5) is 0 Å². The Labute approximate surface area is 107 Å². The lowest BCUT2D eigenvalue weighted by molar-refractivity contribution is 0.485. The monoisotopic (exact) mass is 249 g/mol. The number of aromatic nitrogens is 3. The van der Waals surface area contributed by atoms with Gasteiger partial charge in [-0.2, -0.15) is 5.10 Å². The summed E-state index contributed by atoms with van der Waals surface area (Å²) in [4.78, 5) is 5.85. The molecular weight excluding hydrogens is 230 g/mol. The summed E-state index contributed by atoms with van der Waals surface area (Å²) in [7, 11) is 0. The van der Waals surface area contributed by atoms with Gasteiger partial charge < -0.3 is 0 Å². The van der Waals surface area contributed by atoms with Gasteiger partial charge in [0.1, 0.15) is 0 Å². The molecule has 0 saturated heterocycles. The molecule has 1 unspecified atom stereocenters. The van der Waals surface area contributed by atoms with E-state index < -0.39 is 0 Å². The minimum atomic E-state index is 0.370. The summed E-state index contributed by atoms with van der Waals surface area (Å²) in [5.41, 5.74) is 1.07. The Balaban J connectivity index is 2.05. The summed E-state index contributed by atoms with van der Waals surface area (Å²) in [6.45, 7) is 8.61. The molecule has 2 rings (SSSR count). The van der Waals surface area contributed by atoms with Crippen LogP contribution < -0.4 is 0 Å². The average Bonchev–Trinajstić information content (AvgIpc) is 2.86. The van der Waals surface area contributed by atoms with Crippen LogP contribution in [0.1, 0.15) is 48.3 Å². The first-order valence-electron chi connectivity index (χ1n) is 6.02. The molecule has 0 aliphatic rings. The zero-order valence-electron chi connectivity index (χ0n) is 10.8. The molecule has 0 aliphatic carbocycles. The van der Waals surface area contributed by atoms with E-state index in [9.17, 15) is 0 Å². The highest BCUT2D eigenvalue weighted by Crippen LogP contribution is 2.24. The number of hydrogen-bond donors (Lipinski definition) is 0. The molecule has 0 radical (unpaired) electrons. The zero-order valence-corrected chi connectivity index (χ0v) is 11.7. The molecule has 3 nitrogen and oxygen atoms in total. The molecule has 1 atom stereocenters. The van der Waals surface area contributed by atoms with Gasteiger partial charge in [0, 0.05) is 23.7 Å². The lowest BCUT2D eigenvalue weighted by Crippen LogP contribution is -2.08. The summed E-state index contributed by atoms with van der Waals surface area (Å²) >= 11 is 1.82. The van der Waals surface area contributed by atoms with Crippen LogP contribution in [-0.2, 0) is 6.42 Å². The first-order valence-corrected chi connectivity index (χ1v) is 6.84. The SMILES string of the molecule is Cc1ccn(C(C)Cc2ncc(C(C)C)s2)n1. The lowest BCUT2D eigenvalue weighted by Gasteiger charge is -2.09. The zero-order chi connectivity index (χ0) is 12.4. The van der Waals surface area contributed by atoms with Crippen LogP contribution >= 0.6 is 11.3 Å².